The second kappa shape index (κ2) is 11.5. The summed E-state index contributed by atoms with van der Waals surface area (Å²) in [5.41, 5.74) is 3.38. The normalized spacial score (nSPS) is 27.1. The molecular weight excluding hydrogens is 492 g/mol. The summed E-state index contributed by atoms with van der Waals surface area (Å²) < 4.78 is 16.0. The molecule has 2 amide bonds. The highest BCUT2D eigenvalue weighted by Crippen LogP contribution is 2.62. The van der Waals surface area contributed by atoms with E-state index in [0.29, 0.717) is 59.6 Å². The average Bonchev–Trinajstić information content (AvgIpc) is 3.21. The summed E-state index contributed by atoms with van der Waals surface area (Å²) in [5.74, 6) is 4.62. The van der Waals surface area contributed by atoms with Crippen LogP contribution in [0.1, 0.15) is 68.9 Å². The number of methoxy groups -OCH3 is 3. The Morgan fingerprint density at radius 3 is 2.59 bits per heavy atom. The number of carbonyl (C=O) groups excluding carboxylic acids is 2. The fourth-order valence-corrected chi connectivity index (χ4v) is 7.83. The molecule has 7 nitrogen and oxygen atoms in total. The maximum absolute atomic E-state index is 13.3. The summed E-state index contributed by atoms with van der Waals surface area (Å²) in [4.78, 5) is 25.7. The van der Waals surface area contributed by atoms with Gasteiger partial charge in [0.15, 0.2) is 11.5 Å². The Hall–Kier alpha value is -3.22. The first-order chi connectivity index (χ1) is 18.9. The zero-order valence-corrected chi connectivity index (χ0v) is 23.7. The van der Waals surface area contributed by atoms with Crippen molar-refractivity contribution in [3.05, 3.63) is 47.5 Å². The summed E-state index contributed by atoms with van der Waals surface area (Å²) in [6.07, 6.45) is 7.99. The van der Waals surface area contributed by atoms with E-state index in [1.807, 2.05) is 0 Å². The van der Waals surface area contributed by atoms with Crippen LogP contribution in [0.4, 0.5) is 10.5 Å². The van der Waals surface area contributed by atoms with Gasteiger partial charge in [0.05, 0.1) is 21.3 Å². The molecule has 7 heteroatoms. The minimum atomic E-state index is -0.238. The van der Waals surface area contributed by atoms with E-state index in [2.05, 4.69) is 35.8 Å². The zero-order valence-electron chi connectivity index (χ0n) is 23.7. The van der Waals surface area contributed by atoms with Crippen LogP contribution in [-0.4, -0.2) is 39.7 Å². The third-order valence-corrected chi connectivity index (χ3v) is 9.71. The number of fused-ring (bicyclic) bond motifs is 5. The second-order valence-corrected chi connectivity index (χ2v) is 11.7. The first-order valence-corrected chi connectivity index (χ1v) is 14.3. The Balaban J connectivity index is 1.15. The Morgan fingerprint density at radius 1 is 1.00 bits per heavy atom. The average molecular weight is 535 g/mol. The summed E-state index contributed by atoms with van der Waals surface area (Å²) in [6, 6.07) is 11.6. The van der Waals surface area contributed by atoms with Gasteiger partial charge >= 0.3 is 6.03 Å². The van der Waals surface area contributed by atoms with E-state index in [-0.39, 0.29) is 11.4 Å². The Kier molecular flexibility index (Phi) is 8.06. The number of urea groups is 1. The van der Waals surface area contributed by atoms with E-state index >= 15 is 0 Å². The molecule has 2 N–H and O–H groups in total. The number of anilines is 1. The quantitative estimate of drug-likeness (QED) is 0.366. The van der Waals surface area contributed by atoms with Crippen LogP contribution < -0.4 is 24.8 Å². The SMILES string of the molecule is COc1ccc2c(c1)CCC1C2CCC2(C)C(=O)CC(CCCCNC(=O)Nc3ccc(OC)c(OC)c3)C12. The van der Waals surface area contributed by atoms with Crippen LogP contribution in [0.2, 0.25) is 0 Å². The number of amides is 2. The maximum atomic E-state index is 13.3. The predicted octanol–water partition coefficient (Wildman–Crippen LogP) is 6.36. The maximum Gasteiger partial charge on any atom is 0.319 e. The van der Waals surface area contributed by atoms with Crippen molar-refractivity contribution in [1.82, 2.24) is 5.32 Å². The van der Waals surface area contributed by atoms with Gasteiger partial charge in [0, 0.05) is 30.1 Å². The van der Waals surface area contributed by atoms with Gasteiger partial charge in [0.1, 0.15) is 11.5 Å². The lowest BCUT2D eigenvalue weighted by Gasteiger charge is -2.50. The minimum Gasteiger partial charge on any atom is -0.497 e. The molecule has 0 spiro atoms. The van der Waals surface area contributed by atoms with Gasteiger partial charge in [-0.1, -0.05) is 19.4 Å². The molecule has 3 aliphatic carbocycles. The summed E-state index contributed by atoms with van der Waals surface area (Å²) >= 11 is 0. The Morgan fingerprint density at radius 2 is 1.82 bits per heavy atom. The van der Waals surface area contributed by atoms with E-state index in [9.17, 15) is 9.59 Å². The number of Topliss-reactive ketones (excluding diaryl/α,β-unsaturated/α-hetero) is 1. The van der Waals surface area contributed by atoms with Crippen LogP contribution in [0.15, 0.2) is 36.4 Å². The highest BCUT2D eigenvalue weighted by atomic mass is 16.5. The van der Waals surface area contributed by atoms with E-state index in [1.165, 1.54) is 11.1 Å². The summed E-state index contributed by atoms with van der Waals surface area (Å²) in [5, 5.41) is 5.82. The van der Waals surface area contributed by atoms with Gasteiger partial charge in [-0.15, -0.1) is 0 Å². The lowest BCUT2D eigenvalue weighted by Crippen LogP contribution is -2.44. The first kappa shape index (κ1) is 27.4. The fourth-order valence-electron chi connectivity index (χ4n) is 7.83. The third-order valence-electron chi connectivity index (χ3n) is 9.71. The first-order valence-electron chi connectivity index (χ1n) is 14.3. The molecule has 5 rings (SSSR count). The van der Waals surface area contributed by atoms with Crippen LogP contribution in [-0.2, 0) is 11.2 Å². The monoisotopic (exact) mass is 534 g/mol. The number of unbranched alkanes of at least 4 members (excludes halogenated alkanes) is 1. The molecule has 5 atom stereocenters. The number of benzene rings is 2. The molecule has 3 aliphatic rings. The van der Waals surface area contributed by atoms with Crippen molar-refractivity contribution < 1.29 is 23.8 Å². The minimum absolute atomic E-state index is 0.173. The van der Waals surface area contributed by atoms with Crippen molar-refractivity contribution in [3.8, 4) is 17.2 Å². The molecule has 0 saturated heterocycles. The molecule has 0 aromatic heterocycles. The molecule has 2 aromatic carbocycles. The van der Waals surface area contributed by atoms with E-state index in [0.717, 1.165) is 50.7 Å². The molecule has 2 saturated carbocycles. The highest BCUT2D eigenvalue weighted by Gasteiger charge is 2.58. The van der Waals surface area contributed by atoms with Crippen molar-refractivity contribution in [2.24, 2.45) is 23.2 Å². The van der Waals surface area contributed by atoms with Crippen LogP contribution in [0.25, 0.3) is 0 Å². The lowest BCUT2D eigenvalue weighted by atomic mass is 9.54. The second-order valence-electron chi connectivity index (χ2n) is 11.7. The van der Waals surface area contributed by atoms with Gasteiger partial charge in [-0.25, -0.2) is 4.79 Å². The van der Waals surface area contributed by atoms with Gasteiger partial charge in [0.25, 0.3) is 0 Å². The van der Waals surface area contributed by atoms with Crippen LogP contribution in [0, 0.1) is 23.2 Å². The van der Waals surface area contributed by atoms with E-state index < -0.39 is 0 Å². The van der Waals surface area contributed by atoms with Crippen molar-refractivity contribution in [2.75, 3.05) is 33.2 Å². The number of aryl methyl sites for hydroxylation is 1. The smallest absolute Gasteiger partial charge is 0.319 e. The van der Waals surface area contributed by atoms with Gasteiger partial charge in [-0.05, 0) is 97.6 Å². The largest absolute Gasteiger partial charge is 0.497 e. The molecule has 5 unspecified atom stereocenters. The van der Waals surface area contributed by atoms with Crippen molar-refractivity contribution in [3.63, 3.8) is 0 Å². The van der Waals surface area contributed by atoms with Gasteiger partial charge in [-0.2, -0.15) is 0 Å². The molecule has 210 valence electrons. The van der Waals surface area contributed by atoms with Gasteiger partial charge in [0.2, 0.25) is 0 Å². The number of ketones is 1. The number of nitrogens with one attached hydrogen (secondary N) is 2. The summed E-state index contributed by atoms with van der Waals surface area (Å²) in [6.45, 7) is 2.85. The number of ether oxygens (including phenoxy) is 3. The lowest BCUT2D eigenvalue weighted by molar-refractivity contribution is -0.129. The number of hydrogen-bond donors (Lipinski definition) is 2. The van der Waals surface area contributed by atoms with Crippen molar-refractivity contribution in [1.29, 1.82) is 0 Å². The standard InChI is InChI=1S/C32H42N2O5/c1-32-15-14-25-24-12-10-23(37-2)17-20(24)8-11-26(25)30(32)21(18-29(32)35)7-5-6-16-33-31(36)34-22-9-13-27(38-3)28(19-22)39-4/h9-10,12-13,17,19,21,25-26,30H,5-8,11,14-16,18H2,1-4H3,(H2,33,34,36). The van der Waals surface area contributed by atoms with Crippen LogP contribution in [0.5, 0.6) is 17.2 Å². The van der Waals surface area contributed by atoms with Crippen molar-refractivity contribution >= 4 is 17.5 Å². The third kappa shape index (κ3) is 5.32. The van der Waals surface area contributed by atoms with Crippen LogP contribution in [0.3, 0.4) is 0 Å². The van der Waals surface area contributed by atoms with E-state index in [1.54, 1.807) is 39.5 Å². The molecule has 0 radical (unpaired) electrons. The molecule has 39 heavy (non-hydrogen) atoms. The van der Waals surface area contributed by atoms with Gasteiger partial charge in [-0.3, -0.25) is 4.79 Å². The molecule has 0 heterocycles. The number of hydrogen-bond acceptors (Lipinski definition) is 5. The molecular formula is C32H42N2O5. The van der Waals surface area contributed by atoms with Crippen molar-refractivity contribution in [2.45, 2.75) is 64.2 Å². The number of rotatable bonds is 9. The number of carbonyl (C=O) groups is 2. The molecule has 0 aliphatic heterocycles. The molecule has 2 aromatic rings. The molecule has 2 fully saturated rings. The predicted molar refractivity (Wildman–Crippen MR) is 152 cm³/mol. The Labute approximate surface area is 232 Å². The fraction of sp³-hybridized carbons (Fsp3) is 0.562. The molecule has 0 bridgehead atoms. The van der Waals surface area contributed by atoms with Gasteiger partial charge < -0.3 is 24.8 Å². The highest BCUT2D eigenvalue weighted by molar-refractivity contribution is 5.89. The summed E-state index contributed by atoms with van der Waals surface area (Å²) in [7, 11) is 4.88. The van der Waals surface area contributed by atoms with E-state index in [4.69, 9.17) is 14.2 Å². The zero-order chi connectivity index (χ0) is 27.6. The topological polar surface area (TPSA) is 85.9 Å². The Bertz CT molecular complexity index is 1210. The van der Waals surface area contributed by atoms with Crippen LogP contribution >= 0.6 is 0 Å².